The van der Waals surface area contributed by atoms with Crippen LogP contribution in [0.3, 0.4) is 0 Å². The second kappa shape index (κ2) is 9.30. The fraction of sp³-hybridized carbons (Fsp3) is 0.500. The molecule has 30 heavy (non-hydrogen) atoms. The maximum Gasteiger partial charge on any atom is 0.257 e. The molecule has 8 nitrogen and oxygen atoms in total. The molecule has 0 bridgehead atoms. The lowest BCUT2D eigenvalue weighted by atomic mass is 9.96. The Morgan fingerprint density at radius 1 is 1.13 bits per heavy atom. The Balaban J connectivity index is 1.42. The van der Waals surface area contributed by atoms with E-state index in [1.54, 1.807) is 17.3 Å². The largest absolute Gasteiger partial charge is 0.378 e. The summed E-state index contributed by atoms with van der Waals surface area (Å²) in [5, 5.41) is 0. The van der Waals surface area contributed by atoms with Gasteiger partial charge in [-0.15, -0.1) is 0 Å². The topological polar surface area (TPSA) is 88.5 Å². The molecule has 0 spiro atoms. The SMILES string of the molecule is Cc1nc(C2CCCN(C(=O)Cc3ccccn3)C2)ncc1C(=O)N1CCOCC1. The van der Waals surface area contributed by atoms with Crippen LogP contribution in [0, 0.1) is 6.92 Å². The second-order valence-electron chi connectivity index (χ2n) is 7.81. The van der Waals surface area contributed by atoms with E-state index in [0.717, 1.165) is 25.1 Å². The van der Waals surface area contributed by atoms with Crippen molar-refractivity contribution < 1.29 is 14.3 Å². The summed E-state index contributed by atoms with van der Waals surface area (Å²) in [7, 11) is 0. The van der Waals surface area contributed by atoms with E-state index in [0.29, 0.717) is 56.4 Å². The number of piperidine rings is 1. The summed E-state index contributed by atoms with van der Waals surface area (Å²) in [6.45, 7) is 5.51. The lowest BCUT2D eigenvalue weighted by Crippen LogP contribution is -2.41. The maximum absolute atomic E-state index is 12.8. The molecule has 0 aliphatic carbocycles. The number of rotatable bonds is 4. The Kier molecular flexibility index (Phi) is 6.32. The molecule has 2 fully saturated rings. The van der Waals surface area contributed by atoms with Gasteiger partial charge in [0.25, 0.3) is 5.91 Å². The number of ether oxygens (including phenoxy) is 1. The summed E-state index contributed by atoms with van der Waals surface area (Å²) in [5.74, 6) is 0.825. The minimum absolute atomic E-state index is 0.0434. The molecule has 2 aromatic heterocycles. The molecule has 2 saturated heterocycles. The number of pyridine rings is 1. The van der Waals surface area contributed by atoms with E-state index in [-0.39, 0.29) is 17.7 Å². The summed E-state index contributed by atoms with van der Waals surface area (Å²) in [6.07, 6.45) is 5.50. The Morgan fingerprint density at radius 3 is 2.70 bits per heavy atom. The number of likely N-dealkylation sites (tertiary alicyclic amines) is 1. The lowest BCUT2D eigenvalue weighted by molar-refractivity contribution is -0.131. The highest BCUT2D eigenvalue weighted by atomic mass is 16.5. The van der Waals surface area contributed by atoms with E-state index in [2.05, 4.69) is 15.0 Å². The summed E-state index contributed by atoms with van der Waals surface area (Å²) in [5.41, 5.74) is 2.01. The van der Waals surface area contributed by atoms with Crippen LogP contribution in [-0.4, -0.2) is 76.0 Å². The molecule has 0 saturated carbocycles. The van der Waals surface area contributed by atoms with Crippen LogP contribution >= 0.6 is 0 Å². The molecule has 2 aliphatic rings. The van der Waals surface area contributed by atoms with Gasteiger partial charge in [0, 0.05) is 50.2 Å². The summed E-state index contributed by atoms with van der Waals surface area (Å²) >= 11 is 0. The van der Waals surface area contributed by atoms with Crippen molar-refractivity contribution in [3.05, 3.63) is 53.4 Å². The number of carbonyl (C=O) groups is 2. The van der Waals surface area contributed by atoms with Gasteiger partial charge in [0.15, 0.2) is 0 Å². The van der Waals surface area contributed by atoms with Crippen LogP contribution in [0.4, 0.5) is 0 Å². The van der Waals surface area contributed by atoms with Crippen LogP contribution in [-0.2, 0) is 16.0 Å². The second-order valence-corrected chi connectivity index (χ2v) is 7.81. The van der Waals surface area contributed by atoms with Gasteiger partial charge in [0.1, 0.15) is 5.82 Å². The van der Waals surface area contributed by atoms with Crippen molar-refractivity contribution >= 4 is 11.8 Å². The maximum atomic E-state index is 12.8. The summed E-state index contributed by atoms with van der Waals surface area (Å²) in [4.78, 5) is 42.6. The number of amides is 2. The van der Waals surface area contributed by atoms with Crippen LogP contribution in [0.25, 0.3) is 0 Å². The normalized spacial score (nSPS) is 19.6. The number of aryl methyl sites for hydroxylation is 1. The predicted molar refractivity (Wildman–Crippen MR) is 110 cm³/mol. The number of aromatic nitrogens is 3. The van der Waals surface area contributed by atoms with Crippen molar-refractivity contribution in [1.29, 1.82) is 0 Å². The zero-order valence-corrected chi connectivity index (χ0v) is 17.3. The van der Waals surface area contributed by atoms with E-state index in [4.69, 9.17) is 4.74 Å². The molecule has 1 unspecified atom stereocenters. The van der Waals surface area contributed by atoms with Gasteiger partial charge in [-0.05, 0) is 31.9 Å². The highest BCUT2D eigenvalue weighted by molar-refractivity contribution is 5.95. The molecular weight excluding hydrogens is 382 g/mol. The van der Waals surface area contributed by atoms with Crippen molar-refractivity contribution in [2.75, 3.05) is 39.4 Å². The van der Waals surface area contributed by atoms with Gasteiger partial charge in [-0.3, -0.25) is 14.6 Å². The third kappa shape index (κ3) is 4.64. The molecule has 2 aromatic rings. The van der Waals surface area contributed by atoms with Crippen LogP contribution in [0.15, 0.2) is 30.6 Å². The minimum Gasteiger partial charge on any atom is -0.378 e. The van der Waals surface area contributed by atoms with Gasteiger partial charge in [-0.2, -0.15) is 0 Å². The Labute approximate surface area is 176 Å². The molecule has 4 heterocycles. The van der Waals surface area contributed by atoms with Gasteiger partial charge in [-0.25, -0.2) is 9.97 Å². The van der Waals surface area contributed by atoms with Crippen molar-refractivity contribution in [1.82, 2.24) is 24.8 Å². The fourth-order valence-corrected chi connectivity index (χ4v) is 4.01. The first kappa shape index (κ1) is 20.4. The Bertz CT molecular complexity index is 899. The zero-order valence-electron chi connectivity index (χ0n) is 17.3. The highest BCUT2D eigenvalue weighted by Gasteiger charge is 2.28. The number of morpholine rings is 1. The van der Waals surface area contributed by atoms with Crippen molar-refractivity contribution in [3.63, 3.8) is 0 Å². The zero-order chi connectivity index (χ0) is 20.9. The van der Waals surface area contributed by atoms with E-state index in [1.165, 1.54) is 0 Å². The average Bonchev–Trinajstić information content (AvgIpc) is 2.80. The van der Waals surface area contributed by atoms with E-state index >= 15 is 0 Å². The molecule has 0 radical (unpaired) electrons. The summed E-state index contributed by atoms with van der Waals surface area (Å²) < 4.78 is 5.32. The van der Waals surface area contributed by atoms with E-state index in [9.17, 15) is 9.59 Å². The smallest absolute Gasteiger partial charge is 0.257 e. The predicted octanol–water partition coefficient (Wildman–Crippen LogP) is 1.60. The van der Waals surface area contributed by atoms with Crippen molar-refractivity contribution in [2.24, 2.45) is 0 Å². The van der Waals surface area contributed by atoms with Crippen LogP contribution in [0.5, 0.6) is 0 Å². The van der Waals surface area contributed by atoms with Crippen LogP contribution < -0.4 is 0 Å². The van der Waals surface area contributed by atoms with Crippen molar-refractivity contribution in [2.45, 2.75) is 32.1 Å². The third-order valence-corrected chi connectivity index (χ3v) is 5.72. The van der Waals surface area contributed by atoms with E-state index in [1.807, 2.05) is 30.0 Å². The number of nitrogens with zero attached hydrogens (tertiary/aromatic N) is 5. The van der Waals surface area contributed by atoms with Gasteiger partial charge < -0.3 is 14.5 Å². The number of hydrogen-bond donors (Lipinski definition) is 0. The molecular formula is C22H27N5O3. The summed E-state index contributed by atoms with van der Waals surface area (Å²) in [6, 6.07) is 5.61. The average molecular weight is 409 g/mol. The molecule has 4 rings (SSSR count). The van der Waals surface area contributed by atoms with Crippen LogP contribution in [0.2, 0.25) is 0 Å². The molecule has 0 aromatic carbocycles. The van der Waals surface area contributed by atoms with Gasteiger partial charge in [0.05, 0.1) is 30.9 Å². The molecule has 1 atom stereocenters. The Morgan fingerprint density at radius 2 is 1.97 bits per heavy atom. The Hall–Kier alpha value is -2.87. The molecule has 158 valence electrons. The number of carbonyl (C=O) groups excluding carboxylic acids is 2. The standard InChI is InChI=1S/C22H27N5O3/c1-16-19(22(29)26-9-11-30-12-10-26)14-24-21(25-16)17-5-4-8-27(15-17)20(28)13-18-6-2-3-7-23-18/h2-3,6-7,14,17H,4-5,8-13,15H2,1H3. The molecule has 8 heteroatoms. The molecule has 2 aliphatic heterocycles. The fourth-order valence-electron chi connectivity index (χ4n) is 4.01. The third-order valence-electron chi connectivity index (χ3n) is 5.72. The van der Waals surface area contributed by atoms with Crippen molar-refractivity contribution in [3.8, 4) is 0 Å². The van der Waals surface area contributed by atoms with Gasteiger partial charge in [0.2, 0.25) is 5.91 Å². The minimum atomic E-state index is -0.0434. The quantitative estimate of drug-likeness (QED) is 0.762. The first-order valence-electron chi connectivity index (χ1n) is 10.5. The molecule has 0 N–H and O–H groups in total. The van der Waals surface area contributed by atoms with Gasteiger partial charge >= 0.3 is 0 Å². The first-order valence-corrected chi connectivity index (χ1v) is 10.5. The molecule has 2 amide bonds. The van der Waals surface area contributed by atoms with Crippen LogP contribution in [0.1, 0.15) is 46.3 Å². The monoisotopic (exact) mass is 409 g/mol. The highest BCUT2D eigenvalue weighted by Crippen LogP contribution is 2.25. The first-order chi connectivity index (χ1) is 14.6. The van der Waals surface area contributed by atoms with E-state index < -0.39 is 0 Å². The van der Waals surface area contributed by atoms with Gasteiger partial charge in [-0.1, -0.05) is 6.07 Å². The number of hydrogen-bond acceptors (Lipinski definition) is 6. The lowest BCUT2D eigenvalue weighted by Gasteiger charge is -2.32.